The number of carbonyl (C=O) groups excluding carboxylic acids is 2. The Kier molecular flexibility index (Phi) is 5.16. The van der Waals surface area contributed by atoms with Crippen LogP contribution in [0.3, 0.4) is 0 Å². The Hall–Kier alpha value is -4.51. The van der Waals surface area contributed by atoms with Crippen LogP contribution >= 0.6 is 0 Å². The van der Waals surface area contributed by atoms with Crippen LogP contribution < -0.4 is 4.74 Å². The molecule has 158 valence electrons. The number of nitriles is 1. The summed E-state index contributed by atoms with van der Waals surface area (Å²) in [6, 6.07) is 19.1. The molecular formula is C24H17N3O5. The van der Waals surface area contributed by atoms with Crippen LogP contribution in [0.1, 0.15) is 30.9 Å². The first-order valence-electron chi connectivity index (χ1n) is 9.73. The summed E-state index contributed by atoms with van der Waals surface area (Å²) < 4.78 is 6.07. The van der Waals surface area contributed by atoms with E-state index in [4.69, 9.17) is 4.74 Å². The van der Waals surface area contributed by atoms with E-state index in [0.717, 1.165) is 15.7 Å². The minimum absolute atomic E-state index is 0.0127. The van der Waals surface area contributed by atoms with Gasteiger partial charge in [-0.05, 0) is 10.9 Å². The molecule has 0 spiro atoms. The maximum absolute atomic E-state index is 12.3. The number of imide groups is 1. The van der Waals surface area contributed by atoms with Gasteiger partial charge in [-0.1, -0.05) is 48.5 Å². The molecule has 1 atom stereocenters. The number of fused-ring (bicyclic) bond motifs is 3. The molecule has 2 amide bonds. The van der Waals surface area contributed by atoms with E-state index >= 15 is 0 Å². The van der Waals surface area contributed by atoms with Crippen LogP contribution in [0.5, 0.6) is 5.75 Å². The fourth-order valence-corrected chi connectivity index (χ4v) is 3.98. The molecule has 1 aliphatic heterocycles. The fraction of sp³-hybridized carbons (Fsp3) is 0.125. The molecule has 3 aromatic carbocycles. The van der Waals surface area contributed by atoms with Crippen LogP contribution in [-0.2, 0) is 9.59 Å². The van der Waals surface area contributed by atoms with Crippen LogP contribution in [0.25, 0.3) is 10.8 Å². The van der Waals surface area contributed by atoms with E-state index < -0.39 is 22.7 Å². The SMILES string of the molecule is CC(=O)N(C(C)=O)C1=C(C#N)C(c2cccc([N+](=O)[O-])c2)c2ccc3ccccc3c2O1. The quantitative estimate of drug-likeness (QED) is 0.452. The highest BCUT2D eigenvalue weighted by atomic mass is 16.6. The lowest BCUT2D eigenvalue weighted by molar-refractivity contribution is -0.384. The van der Waals surface area contributed by atoms with Crippen molar-refractivity contribution < 1.29 is 19.2 Å². The van der Waals surface area contributed by atoms with Crippen molar-refractivity contribution in [1.82, 2.24) is 4.90 Å². The standard InChI is InChI=1S/C24H17N3O5/c1-14(28)26(15(2)29)24-21(13-25)22(17-7-5-8-18(12-17)27(30)31)20-11-10-16-6-3-4-9-19(16)23(20)32-24/h3-12,22H,1-2H3. The highest BCUT2D eigenvalue weighted by Gasteiger charge is 2.37. The molecular weight excluding hydrogens is 410 g/mol. The number of hydrogen-bond acceptors (Lipinski definition) is 6. The third-order valence-corrected chi connectivity index (χ3v) is 5.31. The van der Waals surface area contributed by atoms with E-state index in [1.165, 1.54) is 32.0 Å². The maximum atomic E-state index is 12.3. The van der Waals surface area contributed by atoms with Gasteiger partial charge >= 0.3 is 0 Å². The number of allylic oxidation sites excluding steroid dienone is 1. The number of non-ortho nitro benzene ring substituents is 1. The molecule has 3 aromatic rings. The highest BCUT2D eigenvalue weighted by molar-refractivity contribution is 5.96. The van der Waals surface area contributed by atoms with Crippen molar-refractivity contribution >= 4 is 28.3 Å². The molecule has 32 heavy (non-hydrogen) atoms. The zero-order valence-corrected chi connectivity index (χ0v) is 17.2. The maximum Gasteiger partial charge on any atom is 0.269 e. The van der Waals surface area contributed by atoms with Gasteiger partial charge in [0.05, 0.1) is 10.8 Å². The van der Waals surface area contributed by atoms with Gasteiger partial charge < -0.3 is 4.74 Å². The summed E-state index contributed by atoms with van der Waals surface area (Å²) in [7, 11) is 0. The van der Waals surface area contributed by atoms with Crippen molar-refractivity contribution in [1.29, 1.82) is 5.26 Å². The number of nitro benzene ring substituents is 1. The Morgan fingerprint density at radius 2 is 1.78 bits per heavy atom. The number of hydrogen-bond donors (Lipinski definition) is 0. The van der Waals surface area contributed by atoms with Gasteiger partial charge in [0, 0.05) is 36.9 Å². The van der Waals surface area contributed by atoms with Gasteiger partial charge in [-0.3, -0.25) is 19.7 Å². The van der Waals surface area contributed by atoms with Gasteiger partial charge in [-0.25, -0.2) is 4.90 Å². The Labute approximate surface area is 183 Å². The van der Waals surface area contributed by atoms with E-state index in [-0.39, 0.29) is 17.1 Å². The number of ether oxygens (including phenoxy) is 1. The lowest BCUT2D eigenvalue weighted by atomic mass is 9.82. The Morgan fingerprint density at radius 1 is 1.06 bits per heavy atom. The minimum Gasteiger partial charge on any atom is -0.438 e. The molecule has 1 unspecified atom stereocenters. The van der Waals surface area contributed by atoms with Gasteiger partial charge in [0.1, 0.15) is 17.4 Å². The number of carbonyl (C=O) groups is 2. The molecule has 1 aliphatic rings. The third-order valence-electron chi connectivity index (χ3n) is 5.31. The molecule has 8 nitrogen and oxygen atoms in total. The van der Waals surface area contributed by atoms with Crippen LogP contribution in [0, 0.1) is 21.4 Å². The van der Waals surface area contributed by atoms with Crippen LogP contribution in [0.15, 0.2) is 72.1 Å². The van der Waals surface area contributed by atoms with E-state index in [2.05, 4.69) is 6.07 Å². The molecule has 0 saturated carbocycles. The molecule has 0 bridgehead atoms. The number of rotatable bonds is 3. The molecule has 0 radical (unpaired) electrons. The summed E-state index contributed by atoms with van der Waals surface area (Å²) in [5.74, 6) is -1.79. The smallest absolute Gasteiger partial charge is 0.269 e. The summed E-state index contributed by atoms with van der Waals surface area (Å²) in [5, 5.41) is 23.0. The molecule has 0 N–H and O–H groups in total. The lowest BCUT2D eigenvalue weighted by Crippen LogP contribution is -2.37. The normalized spacial score (nSPS) is 14.8. The predicted molar refractivity (Wildman–Crippen MR) is 115 cm³/mol. The van der Waals surface area contributed by atoms with Crippen molar-refractivity contribution in [3.63, 3.8) is 0 Å². The van der Waals surface area contributed by atoms with Gasteiger partial charge in [0.25, 0.3) is 5.69 Å². The first kappa shape index (κ1) is 20.8. The van der Waals surface area contributed by atoms with Gasteiger partial charge in [-0.15, -0.1) is 0 Å². The molecule has 0 aliphatic carbocycles. The molecule has 0 fully saturated rings. The summed E-state index contributed by atoms with van der Waals surface area (Å²) in [6.45, 7) is 2.40. The second-order valence-corrected chi connectivity index (χ2v) is 7.30. The van der Waals surface area contributed by atoms with Crippen molar-refractivity contribution in [2.45, 2.75) is 19.8 Å². The van der Waals surface area contributed by atoms with Crippen molar-refractivity contribution in [2.24, 2.45) is 0 Å². The van der Waals surface area contributed by atoms with Gasteiger partial charge in [0.2, 0.25) is 17.7 Å². The zero-order valence-electron chi connectivity index (χ0n) is 17.2. The van der Waals surface area contributed by atoms with Gasteiger partial charge in [-0.2, -0.15) is 5.26 Å². The lowest BCUT2D eigenvalue weighted by Gasteiger charge is -2.32. The predicted octanol–water partition coefficient (Wildman–Crippen LogP) is 4.40. The first-order valence-corrected chi connectivity index (χ1v) is 9.73. The average Bonchev–Trinajstić information content (AvgIpc) is 2.77. The van der Waals surface area contributed by atoms with Crippen molar-refractivity contribution in [2.75, 3.05) is 0 Å². The first-order chi connectivity index (χ1) is 15.3. The number of nitrogens with zero attached hydrogens (tertiary/aromatic N) is 3. The zero-order chi connectivity index (χ0) is 23.0. The average molecular weight is 427 g/mol. The fourth-order valence-electron chi connectivity index (χ4n) is 3.98. The van der Waals surface area contributed by atoms with Crippen LogP contribution in [0.4, 0.5) is 5.69 Å². The molecule has 1 heterocycles. The van der Waals surface area contributed by atoms with Crippen LogP contribution in [0.2, 0.25) is 0 Å². The molecule has 8 heteroatoms. The van der Waals surface area contributed by atoms with Crippen LogP contribution in [-0.4, -0.2) is 21.6 Å². The van der Waals surface area contributed by atoms with Crippen molar-refractivity contribution in [3.8, 4) is 11.8 Å². The Morgan fingerprint density at radius 3 is 2.44 bits per heavy atom. The second-order valence-electron chi connectivity index (χ2n) is 7.30. The highest BCUT2D eigenvalue weighted by Crippen LogP contribution is 2.47. The number of nitro groups is 1. The Bertz CT molecular complexity index is 1360. The monoisotopic (exact) mass is 427 g/mol. The minimum atomic E-state index is -0.774. The van der Waals surface area contributed by atoms with Crippen molar-refractivity contribution in [3.05, 3.63) is 93.4 Å². The van der Waals surface area contributed by atoms with Gasteiger partial charge in [0.15, 0.2) is 0 Å². The van der Waals surface area contributed by atoms with E-state index in [1.807, 2.05) is 30.3 Å². The molecule has 0 aromatic heterocycles. The van der Waals surface area contributed by atoms with E-state index in [1.54, 1.807) is 12.1 Å². The molecule has 0 saturated heterocycles. The molecule has 4 rings (SSSR count). The third kappa shape index (κ3) is 3.36. The van der Waals surface area contributed by atoms with E-state index in [9.17, 15) is 25.0 Å². The summed E-state index contributed by atoms with van der Waals surface area (Å²) in [5.41, 5.74) is 0.959. The summed E-state index contributed by atoms with van der Waals surface area (Å²) >= 11 is 0. The number of benzene rings is 3. The number of amides is 2. The summed E-state index contributed by atoms with van der Waals surface area (Å²) in [6.07, 6.45) is 0. The summed E-state index contributed by atoms with van der Waals surface area (Å²) in [4.78, 5) is 36.3. The Balaban J connectivity index is 2.07. The topological polar surface area (TPSA) is 114 Å². The van der Waals surface area contributed by atoms with E-state index in [0.29, 0.717) is 16.9 Å². The second kappa shape index (κ2) is 7.96. The largest absolute Gasteiger partial charge is 0.438 e.